The van der Waals surface area contributed by atoms with E-state index in [1.807, 2.05) is 6.92 Å². The molecule has 4 heteroatoms. The van der Waals surface area contributed by atoms with Crippen molar-refractivity contribution in [3.05, 3.63) is 0 Å². The van der Waals surface area contributed by atoms with Crippen molar-refractivity contribution in [2.24, 2.45) is 16.1 Å². The second-order valence-corrected chi connectivity index (χ2v) is 4.93. The monoisotopic (exact) mass is 241 g/mol. The Morgan fingerprint density at radius 3 is 2.76 bits per heavy atom. The zero-order valence-electron chi connectivity index (χ0n) is 11.3. The highest BCUT2D eigenvalue weighted by Crippen LogP contribution is 2.49. The topological polar surface area (TPSA) is 59.6 Å². The highest BCUT2D eigenvalue weighted by molar-refractivity contribution is 5.77. The molecule has 100 valence electrons. The number of rotatable bonds is 9. The summed E-state index contributed by atoms with van der Waals surface area (Å²) in [5, 5.41) is 3.13. The summed E-state index contributed by atoms with van der Waals surface area (Å²) >= 11 is 0. The van der Waals surface area contributed by atoms with Crippen molar-refractivity contribution in [2.45, 2.75) is 46.0 Å². The van der Waals surface area contributed by atoms with Gasteiger partial charge in [0, 0.05) is 26.3 Å². The number of nitrogens with two attached hydrogens (primary N) is 1. The minimum atomic E-state index is 0.492. The molecule has 0 aromatic heterocycles. The van der Waals surface area contributed by atoms with Gasteiger partial charge in [0.15, 0.2) is 5.96 Å². The largest absolute Gasteiger partial charge is 0.382 e. The van der Waals surface area contributed by atoms with Gasteiger partial charge in [0.1, 0.15) is 0 Å². The summed E-state index contributed by atoms with van der Waals surface area (Å²) in [7, 11) is 0. The Bertz CT molecular complexity index is 237. The summed E-state index contributed by atoms with van der Waals surface area (Å²) in [5.41, 5.74) is 6.31. The lowest BCUT2D eigenvalue weighted by Gasteiger charge is -2.11. The van der Waals surface area contributed by atoms with Gasteiger partial charge in [0.2, 0.25) is 0 Å². The lowest BCUT2D eigenvalue weighted by molar-refractivity contribution is 0.145. The molecule has 0 aromatic rings. The number of hydrogen-bond donors (Lipinski definition) is 2. The summed E-state index contributed by atoms with van der Waals surface area (Å²) in [5.74, 6) is 0.587. The molecule has 0 radical (unpaired) electrons. The minimum absolute atomic E-state index is 0.492. The molecule has 4 nitrogen and oxygen atoms in total. The van der Waals surface area contributed by atoms with E-state index in [1.54, 1.807) is 0 Å². The molecule has 0 aromatic carbocycles. The second-order valence-electron chi connectivity index (χ2n) is 4.93. The van der Waals surface area contributed by atoms with Crippen LogP contribution >= 0.6 is 0 Å². The lowest BCUT2D eigenvalue weighted by Crippen LogP contribution is -2.33. The van der Waals surface area contributed by atoms with Gasteiger partial charge in [0.25, 0.3) is 0 Å². The molecule has 0 bridgehead atoms. The maximum absolute atomic E-state index is 5.82. The number of nitrogens with zero attached hydrogens (tertiary/aromatic N) is 1. The third-order valence-electron chi connectivity index (χ3n) is 3.30. The smallest absolute Gasteiger partial charge is 0.188 e. The quantitative estimate of drug-likeness (QED) is 0.368. The van der Waals surface area contributed by atoms with E-state index in [9.17, 15) is 0 Å². The van der Waals surface area contributed by atoms with Crippen LogP contribution in [0.25, 0.3) is 0 Å². The van der Waals surface area contributed by atoms with E-state index in [0.29, 0.717) is 11.4 Å². The highest BCUT2D eigenvalue weighted by atomic mass is 16.5. The first kappa shape index (κ1) is 14.3. The lowest BCUT2D eigenvalue weighted by atomic mass is 10.0. The van der Waals surface area contributed by atoms with Gasteiger partial charge >= 0.3 is 0 Å². The fourth-order valence-corrected chi connectivity index (χ4v) is 2.04. The zero-order valence-corrected chi connectivity index (χ0v) is 11.3. The molecule has 0 atom stereocenters. The van der Waals surface area contributed by atoms with Crippen molar-refractivity contribution in [3.63, 3.8) is 0 Å². The van der Waals surface area contributed by atoms with E-state index < -0.39 is 0 Å². The highest BCUT2D eigenvalue weighted by Gasteiger charge is 2.41. The number of aliphatic imine (C=N–C) groups is 1. The van der Waals surface area contributed by atoms with Crippen LogP contribution in [0, 0.1) is 5.41 Å². The molecule has 0 spiro atoms. The van der Waals surface area contributed by atoms with Gasteiger partial charge in [-0.15, -0.1) is 0 Å². The molecule has 1 rings (SSSR count). The molecule has 1 saturated carbocycles. The third-order valence-corrected chi connectivity index (χ3v) is 3.30. The number of nitrogens with one attached hydrogen (secondary N) is 1. The van der Waals surface area contributed by atoms with Gasteiger partial charge in [-0.05, 0) is 38.0 Å². The van der Waals surface area contributed by atoms with Crippen LogP contribution in [-0.2, 0) is 4.74 Å². The number of ether oxygens (including phenoxy) is 1. The Hall–Kier alpha value is -0.770. The Morgan fingerprint density at radius 1 is 1.41 bits per heavy atom. The van der Waals surface area contributed by atoms with Crippen molar-refractivity contribution in [2.75, 3.05) is 26.3 Å². The molecule has 0 amide bonds. The first-order valence-electron chi connectivity index (χ1n) is 6.84. The van der Waals surface area contributed by atoms with E-state index in [0.717, 1.165) is 32.7 Å². The van der Waals surface area contributed by atoms with Crippen LogP contribution in [0.15, 0.2) is 4.99 Å². The van der Waals surface area contributed by atoms with Crippen LogP contribution in [0.2, 0.25) is 0 Å². The molecule has 0 unspecified atom stereocenters. The van der Waals surface area contributed by atoms with E-state index in [-0.39, 0.29) is 0 Å². The van der Waals surface area contributed by atoms with Gasteiger partial charge in [-0.25, -0.2) is 0 Å². The van der Waals surface area contributed by atoms with Crippen LogP contribution in [0.4, 0.5) is 0 Å². The summed E-state index contributed by atoms with van der Waals surface area (Å²) in [6.45, 7) is 7.55. The van der Waals surface area contributed by atoms with Gasteiger partial charge in [-0.1, -0.05) is 13.3 Å². The van der Waals surface area contributed by atoms with E-state index in [1.165, 1.54) is 25.7 Å². The Morgan fingerprint density at radius 2 is 2.18 bits per heavy atom. The average molecular weight is 241 g/mol. The van der Waals surface area contributed by atoms with E-state index in [4.69, 9.17) is 10.5 Å². The zero-order chi connectivity index (χ0) is 12.6. The standard InChI is InChI=1S/C13H27N3O/c1-3-6-13(7-8-13)11-16-12(14)15-9-5-10-17-4-2/h3-11H2,1-2H3,(H3,14,15,16). The SMILES string of the molecule is CCCC1(CN=C(N)NCCCOCC)CC1. The number of guanidine groups is 1. The average Bonchev–Trinajstić information content (AvgIpc) is 3.07. The maximum Gasteiger partial charge on any atom is 0.188 e. The molecular formula is C13H27N3O. The van der Waals surface area contributed by atoms with Crippen LogP contribution in [-0.4, -0.2) is 32.3 Å². The summed E-state index contributed by atoms with van der Waals surface area (Å²) in [4.78, 5) is 4.44. The van der Waals surface area contributed by atoms with E-state index >= 15 is 0 Å². The van der Waals surface area contributed by atoms with Gasteiger partial charge < -0.3 is 15.8 Å². The Balaban J connectivity index is 2.08. The minimum Gasteiger partial charge on any atom is -0.382 e. The molecule has 0 aliphatic heterocycles. The molecule has 3 N–H and O–H groups in total. The Labute approximate surface area is 105 Å². The first-order valence-corrected chi connectivity index (χ1v) is 6.84. The van der Waals surface area contributed by atoms with Crippen LogP contribution in [0.5, 0.6) is 0 Å². The predicted octanol–water partition coefficient (Wildman–Crippen LogP) is 1.90. The fraction of sp³-hybridized carbons (Fsp3) is 0.923. The molecular weight excluding hydrogens is 214 g/mol. The summed E-state index contributed by atoms with van der Waals surface area (Å²) in [6.07, 6.45) is 6.15. The Kier molecular flexibility index (Phi) is 6.34. The molecule has 17 heavy (non-hydrogen) atoms. The van der Waals surface area contributed by atoms with Crippen molar-refractivity contribution >= 4 is 5.96 Å². The van der Waals surface area contributed by atoms with Crippen molar-refractivity contribution in [1.82, 2.24) is 5.32 Å². The molecule has 1 fully saturated rings. The van der Waals surface area contributed by atoms with Crippen LogP contribution < -0.4 is 11.1 Å². The maximum atomic E-state index is 5.82. The molecule has 1 aliphatic carbocycles. The third kappa shape index (κ3) is 5.91. The van der Waals surface area contributed by atoms with Crippen LogP contribution in [0.1, 0.15) is 46.0 Å². The second kappa shape index (κ2) is 7.54. The van der Waals surface area contributed by atoms with Crippen molar-refractivity contribution < 1.29 is 4.74 Å². The summed E-state index contributed by atoms with van der Waals surface area (Å²) < 4.78 is 5.25. The fourth-order valence-electron chi connectivity index (χ4n) is 2.04. The van der Waals surface area contributed by atoms with Crippen LogP contribution in [0.3, 0.4) is 0 Å². The van der Waals surface area contributed by atoms with Gasteiger partial charge in [-0.2, -0.15) is 0 Å². The predicted molar refractivity (Wildman–Crippen MR) is 72.2 cm³/mol. The van der Waals surface area contributed by atoms with Gasteiger partial charge in [0.05, 0.1) is 0 Å². The van der Waals surface area contributed by atoms with E-state index in [2.05, 4.69) is 17.2 Å². The van der Waals surface area contributed by atoms with Crippen molar-refractivity contribution in [1.29, 1.82) is 0 Å². The molecule has 1 aliphatic rings. The molecule has 0 saturated heterocycles. The molecule has 0 heterocycles. The van der Waals surface area contributed by atoms with Crippen molar-refractivity contribution in [3.8, 4) is 0 Å². The first-order chi connectivity index (χ1) is 8.22. The number of hydrogen-bond acceptors (Lipinski definition) is 2. The normalized spacial score (nSPS) is 18.1. The van der Waals surface area contributed by atoms with Gasteiger partial charge in [-0.3, -0.25) is 4.99 Å². The summed E-state index contributed by atoms with van der Waals surface area (Å²) in [6, 6.07) is 0.